The molecule has 0 aromatic heterocycles. The summed E-state index contributed by atoms with van der Waals surface area (Å²) in [5, 5.41) is 11.5. The maximum absolute atomic E-state index is 12.8. The summed E-state index contributed by atoms with van der Waals surface area (Å²) in [7, 11) is 0. The number of anilines is 1. The molecule has 0 bridgehead atoms. The van der Waals surface area contributed by atoms with Crippen LogP contribution in [0.4, 0.5) is 10.1 Å². The normalized spacial score (nSPS) is 11.2. The van der Waals surface area contributed by atoms with Crippen molar-refractivity contribution in [2.75, 3.05) is 11.9 Å². The van der Waals surface area contributed by atoms with Crippen LogP contribution < -0.4 is 10.1 Å². The van der Waals surface area contributed by atoms with Crippen LogP contribution in [0.3, 0.4) is 0 Å². The lowest BCUT2D eigenvalue weighted by molar-refractivity contribution is -0.153. The SMILES string of the molecule is C[C@@H](Oc1ccc(F)cc1)C(=O)OCC(=O)Nc1ccc(C#N)c(Cl)c1. The Morgan fingerprint density at radius 2 is 1.96 bits per heavy atom. The Hall–Kier alpha value is -3.11. The van der Waals surface area contributed by atoms with Crippen molar-refractivity contribution in [2.45, 2.75) is 13.0 Å². The molecule has 0 saturated heterocycles. The smallest absolute Gasteiger partial charge is 0.347 e. The molecule has 1 atom stereocenters. The second-order valence-electron chi connectivity index (χ2n) is 5.18. The number of carbonyl (C=O) groups is 2. The third kappa shape index (κ3) is 5.46. The summed E-state index contributed by atoms with van der Waals surface area (Å²) in [5.41, 5.74) is 0.647. The standard InChI is InChI=1S/C18H14ClFN2O4/c1-11(26-15-6-3-13(20)4-7-15)18(24)25-10-17(23)22-14-5-2-12(9-21)16(19)8-14/h2-8,11H,10H2,1H3,(H,22,23)/t11-/m1/s1. The van der Waals surface area contributed by atoms with Gasteiger partial charge in [0.1, 0.15) is 17.6 Å². The van der Waals surface area contributed by atoms with Crippen LogP contribution in [-0.4, -0.2) is 24.6 Å². The van der Waals surface area contributed by atoms with E-state index in [1.165, 1.54) is 49.4 Å². The molecule has 0 unspecified atom stereocenters. The number of esters is 1. The van der Waals surface area contributed by atoms with Gasteiger partial charge in [-0.1, -0.05) is 11.6 Å². The second kappa shape index (κ2) is 8.83. The molecule has 2 rings (SSSR count). The van der Waals surface area contributed by atoms with E-state index in [1.807, 2.05) is 6.07 Å². The van der Waals surface area contributed by atoms with Gasteiger partial charge in [0.2, 0.25) is 0 Å². The fourth-order valence-electron chi connectivity index (χ4n) is 1.90. The predicted molar refractivity (Wildman–Crippen MR) is 92.2 cm³/mol. The number of halogens is 2. The van der Waals surface area contributed by atoms with Gasteiger partial charge < -0.3 is 14.8 Å². The summed E-state index contributed by atoms with van der Waals surface area (Å²) in [6.45, 7) is 0.928. The average molecular weight is 377 g/mol. The largest absolute Gasteiger partial charge is 0.479 e. The zero-order chi connectivity index (χ0) is 19.1. The fraction of sp³-hybridized carbons (Fsp3) is 0.167. The summed E-state index contributed by atoms with van der Waals surface area (Å²) in [6, 6.07) is 11.4. The van der Waals surface area contributed by atoms with Gasteiger partial charge in [0.05, 0.1) is 10.6 Å². The first-order valence-electron chi connectivity index (χ1n) is 7.47. The van der Waals surface area contributed by atoms with E-state index in [-0.39, 0.29) is 10.6 Å². The number of carbonyl (C=O) groups excluding carboxylic acids is 2. The van der Waals surface area contributed by atoms with E-state index in [2.05, 4.69) is 5.32 Å². The van der Waals surface area contributed by atoms with E-state index in [1.54, 1.807) is 0 Å². The highest BCUT2D eigenvalue weighted by molar-refractivity contribution is 6.32. The summed E-state index contributed by atoms with van der Waals surface area (Å²) in [4.78, 5) is 23.7. The fourth-order valence-corrected chi connectivity index (χ4v) is 2.12. The molecule has 26 heavy (non-hydrogen) atoms. The van der Waals surface area contributed by atoms with Crippen LogP contribution in [0.1, 0.15) is 12.5 Å². The lowest BCUT2D eigenvalue weighted by Crippen LogP contribution is -2.29. The summed E-state index contributed by atoms with van der Waals surface area (Å²) in [5.74, 6) is -1.45. The first-order valence-corrected chi connectivity index (χ1v) is 7.85. The molecule has 8 heteroatoms. The molecule has 0 spiro atoms. The van der Waals surface area contributed by atoms with Crippen LogP contribution in [0.5, 0.6) is 5.75 Å². The van der Waals surface area contributed by atoms with Gasteiger partial charge in [-0.2, -0.15) is 5.26 Å². The van der Waals surface area contributed by atoms with Crippen molar-refractivity contribution in [3.05, 3.63) is 58.9 Å². The minimum Gasteiger partial charge on any atom is -0.479 e. The molecule has 2 aromatic rings. The van der Waals surface area contributed by atoms with Gasteiger partial charge in [0.25, 0.3) is 5.91 Å². The van der Waals surface area contributed by atoms with E-state index in [0.29, 0.717) is 11.4 Å². The van der Waals surface area contributed by atoms with E-state index < -0.39 is 30.4 Å². The molecule has 0 radical (unpaired) electrons. The van der Waals surface area contributed by atoms with E-state index >= 15 is 0 Å². The number of hydrogen-bond acceptors (Lipinski definition) is 5. The number of hydrogen-bond donors (Lipinski definition) is 1. The zero-order valence-corrected chi connectivity index (χ0v) is 14.4. The Morgan fingerprint density at radius 1 is 1.27 bits per heavy atom. The molecule has 0 aliphatic heterocycles. The van der Waals surface area contributed by atoms with E-state index in [0.717, 1.165) is 0 Å². The average Bonchev–Trinajstić information content (AvgIpc) is 2.61. The number of ether oxygens (including phenoxy) is 2. The Bertz CT molecular complexity index is 849. The van der Waals surface area contributed by atoms with Crippen molar-refractivity contribution in [1.82, 2.24) is 0 Å². The molecule has 2 aromatic carbocycles. The maximum atomic E-state index is 12.8. The van der Waals surface area contributed by atoms with Crippen molar-refractivity contribution < 1.29 is 23.5 Å². The van der Waals surface area contributed by atoms with Crippen LogP contribution >= 0.6 is 11.6 Å². The van der Waals surface area contributed by atoms with Gasteiger partial charge in [-0.15, -0.1) is 0 Å². The van der Waals surface area contributed by atoms with E-state index in [4.69, 9.17) is 26.3 Å². The quantitative estimate of drug-likeness (QED) is 0.781. The third-order valence-corrected chi connectivity index (χ3v) is 3.49. The van der Waals surface area contributed by atoms with E-state index in [9.17, 15) is 14.0 Å². The van der Waals surface area contributed by atoms with Gasteiger partial charge in [-0.3, -0.25) is 4.79 Å². The van der Waals surface area contributed by atoms with Crippen LogP contribution in [0.25, 0.3) is 0 Å². The van der Waals surface area contributed by atoms with Gasteiger partial charge in [0.15, 0.2) is 12.7 Å². The number of nitriles is 1. The molecule has 0 fully saturated rings. The van der Waals surface area contributed by atoms with Crippen molar-refractivity contribution in [2.24, 2.45) is 0 Å². The predicted octanol–water partition coefficient (Wildman–Crippen LogP) is 3.30. The van der Waals surface area contributed by atoms with Crippen LogP contribution in [-0.2, 0) is 14.3 Å². The highest BCUT2D eigenvalue weighted by Gasteiger charge is 2.18. The van der Waals surface area contributed by atoms with Crippen molar-refractivity contribution in [1.29, 1.82) is 5.26 Å². The first kappa shape index (κ1) is 19.2. The second-order valence-corrected chi connectivity index (χ2v) is 5.58. The minimum atomic E-state index is -0.974. The number of benzene rings is 2. The van der Waals surface area contributed by atoms with Crippen LogP contribution in [0.2, 0.25) is 5.02 Å². The maximum Gasteiger partial charge on any atom is 0.347 e. The molecule has 0 heterocycles. The molecule has 0 aliphatic rings. The minimum absolute atomic E-state index is 0.198. The monoisotopic (exact) mass is 376 g/mol. The molecule has 0 aliphatic carbocycles. The summed E-state index contributed by atoms with van der Waals surface area (Å²) in [6.07, 6.45) is -0.974. The highest BCUT2D eigenvalue weighted by Crippen LogP contribution is 2.20. The zero-order valence-electron chi connectivity index (χ0n) is 13.7. The molecular formula is C18H14ClFN2O4. The topological polar surface area (TPSA) is 88.4 Å². The highest BCUT2D eigenvalue weighted by atomic mass is 35.5. The van der Waals surface area contributed by atoms with Gasteiger partial charge in [-0.25, -0.2) is 9.18 Å². The Labute approximate surface area is 154 Å². The summed E-state index contributed by atoms with van der Waals surface area (Å²) >= 11 is 5.87. The summed E-state index contributed by atoms with van der Waals surface area (Å²) < 4.78 is 23.0. The molecule has 134 valence electrons. The van der Waals surface area contributed by atoms with Crippen LogP contribution in [0, 0.1) is 17.1 Å². The number of nitrogens with zero attached hydrogens (tertiary/aromatic N) is 1. The Kier molecular flexibility index (Phi) is 6.53. The van der Waals surface area contributed by atoms with Gasteiger partial charge >= 0.3 is 5.97 Å². The number of amides is 1. The van der Waals surface area contributed by atoms with Gasteiger partial charge in [0, 0.05) is 5.69 Å². The number of nitrogens with one attached hydrogen (secondary N) is 1. The molecular weight excluding hydrogens is 363 g/mol. The van der Waals surface area contributed by atoms with Crippen LogP contribution in [0.15, 0.2) is 42.5 Å². The van der Waals surface area contributed by atoms with Crippen molar-refractivity contribution in [3.8, 4) is 11.8 Å². The molecule has 1 amide bonds. The third-order valence-electron chi connectivity index (χ3n) is 3.18. The first-order chi connectivity index (χ1) is 12.4. The van der Waals surface area contributed by atoms with Crippen molar-refractivity contribution >= 4 is 29.2 Å². The Balaban J connectivity index is 1.82. The van der Waals surface area contributed by atoms with Crippen molar-refractivity contribution in [3.63, 3.8) is 0 Å². The molecule has 0 saturated carbocycles. The Morgan fingerprint density at radius 3 is 2.58 bits per heavy atom. The molecule has 1 N–H and O–H groups in total. The lowest BCUT2D eigenvalue weighted by Gasteiger charge is -2.14. The number of rotatable bonds is 6. The van der Waals surface area contributed by atoms with Gasteiger partial charge in [-0.05, 0) is 49.4 Å². The lowest BCUT2D eigenvalue weighted by atomic mass is 10.2. The molecule has 6 nitrogen and oxygen atoms in total.